The molecule has 26 heavy (non-hydrogen) atoms. The highest BCUT2D eigenvalue weighted by Crippen LogP contribution is 2.29. The number of hydrogen-bond donors (Lipinski definition) is 0. The van der Waals surface area contributed by atoms with Crippen molar-refractivity contribution in [3.63, 3.8) is 0 Å². The zero-order valence-corrected chi connectivity index (χ0v) is 16.1. The van der Waals surface area contributed by atoms with E-state index in [9.17, 15) is 4.79 Å². The van der Waals surface area contributed by atoms with Crippen LogP contribution in [0.1, 0.15) is 48.5 Å². The number of rotatable bonds is 2. The fraction of sp³-hybridized carbons (Fsp3) is 0.333. The van der Waals surface area contributed by atoms with E-state index in [2.05, 4.69) is 37.2 Å². The Kier molecular flexibility index (Phi) is 4.19. The Balaban J connectivity index is 1.51. The molecule has 5 heteroatoms. The van der Waals surface area contributed by atoms with Crippen molar-refractivity contribution in [2.75, 3.05) is 6.54 Å². The van der Waals surface area contributed by atoms with Gasteiger partial charge in [-0.3, -0.25) is 4.79 Å². The van der Waals surface area contributed by atoms with Crippen LogP contribution in [0.25, 0.3) is 10.4 Å². The molecule has 1 amide bonds. The molecule has 4 nitrogen and oxygen atoms in total. The van der Waals surface area contributed by atoms with Crippen LogP contribution in [0, 0.1) is 0 Å². The van der Waals surface area contributed by atoms with Crippen LogP contribution in [0.5, 0.6) is 0 Å². The molecule has 0 bridgehead atoms. The van der Waals surface area contributed by atoms with Gasteiger partial charge in [-0.05, 0) is 29.1 Å². The molecule has 0 atom stereocenters. The van der Waals surface area contributed by atoms with Gasteiger partial charge in [-0.2, -0.15) is 0 Å². The van der Waals surface area contributed by atoms with Crippen LogP contribution in [-0.4, -0.2) is 22.3 Å². The maximum Gasteiger partial charge on any atom is 0.254 e. The van der Waals surface area contributed by atoms with E-state index in [1.54, 1.807) is 11.3 Å². The predicted molar refractivity (Wildman–Crippen MR) is 103 cm³/mol. The second-order valence-electron chi connectivity index (χ2n) is 7.67. The van der Waals surface area contributed by atoms with E-state index < -0.39 is 0 Å². The smallest absolute Gasteiger partial charge is 0.254 e. The number of carbonyl (C=O) groups excluding carboxylic acids is 1. The quantitative estimate of drug-likeness (QED) is 0.648. The second kappa shape index (κ2) is 6.40. The summed E-state index contributed by atoms with van der Waals surface area (Å²) in [6.07, 6.45) is 0.720. The number of fused-ring (bicyclic) bond motifs is 1. The van der Waals surface area contributed by atoms with Gasteiger partial charge in [0.2, 0.25) is 0 Å². The van der Waals surface area contributed by atoms with Crippen molar-refractivity contribution in [1.82, 2.24) is 9.88 Å². The summed E-state index contributed by atoms with van der Waals surface area (Å²) in [5.74, 6) is 1.72. The summed E-state index contributed by atoms with van der Waals surface area (Å²) in [6, 6.07) is 12.0. The van der Waals surface area contributed by atoms with Crippen LogP contribution in [0.3, 0.4) is 0 Å². The molecule has 0 saturated carbocycles. The lowest BCUT2D eigenvalue weighted by Crippen LogP contribution is -2.35. The Morgan fingerprint density at radius 1 is 1.19 bits per heavy atom. The molecule has 0 spiro atoms. The maximum absolute atomic E-state index is 12.9. The van der Waals surface area contributed by atoms with Crippen molar-refractivity contribution in [2.45, 2.75) is 39.2 Å². The molecule has 3 aromatic rings. The molecule has 0 unspecified atom stereocenters. The van der Waals surface area contributed by atoms with E-state index in [0.717, 1.165) is 29.3 Å². The van der Waals surface area contributed by atoms with E-state index in [1.807, 2.05) is 35.2 Å². The Bertz CT molecular complexity index is 918. The third kappa shape index (κ3) is 3.19. The lowest BCUT2D eigenvalue weighted by atomic mass is 9.97. The molecule has 0 radical (unpaired) electrons. The molecular formula is C21H22N2O2S. The number of nitrogens with zero attached hydrogens (tertiary/aromatic N) is 2. The van der Waals surface area contributed by atoms with Gasteiger partial charge in [0.25, 0.3) is 5.91 Å². The largest absolute Gasteiger partial charge is 0.445 e. The molecule has 0 aliphatic carbocycles. The number of thiophene rings is 1. The average molecular weight is 366 g/mol. The first-order valence-electron chi connectivity index (χ1n) is 8.84. The summed E-state index contributed by atoms with van der Waals surface area (Å²) in [4.78, 5) is 20.6. The van der Waals surface area contributed by atoms with Gasteiger partial charge >= 0.3 is 0 Å². The molecule has 1 aliphatic rings. The standard InChI is InChI=1S/C21H22N2O2S/c1-21(2,3)20-22-16-13-23(11-10-17(16)25-20)19(24)15-8-6-14(7-9-15)18-5-4-12-26-18/h4-9,12H,10-11,13H2,1-3H3. The highest BCUT2D eigenvalue weighted by atomic mass is 32.1. The van der Waals surface area contributed by atoms with Gasteiger partial charge in [0.05, 0.1) is 6.54 Å². The lowest BCUT2D eigenvalue weighted by Gasteiger charge is -2.25. The molecule has 3 heterocycles. The highest BCUT2D eigenvalue weighted by molar-refractivity contribution is 7.13. The van der Waals surface area contributed by atoms with Gasteiger partial charge in [0.15, 0.2) is 5.89 Å². The average Bonchev–Trinajstić information content (AvgIpc) is 3.29. The molecule has 4 rings (SSSR count). The highest BCUT2D eigenvalue weighted by Gasteiger charge is 2.29. The summed E-state index contributed by atoms with van der Waals surface area (Å²) >= 11 is 1.70. The fourth-order valence-electron chi connectivity index (χ4n) is 3.10. The summed E-state index contributed by atoms with van der Waals surface area (Å²) in [5.41, 5.74) is 2.63. The van der Waals surface area contributed by atoms with Crippen LogP contribution in [-0.2, 0) is 18.4 Å². The van der Waals surface area contributed by atoms with Crippen LogP contribution in [0.15, 0.2) is 46.2 Å². The van der Waals surface area contributed by atoms with E-state index in [1.165, 1.54) is 4.88 Å². The van der Waals surface area contributed by atoms with Crippen molar-refractivity contribution in [3.8, 4) is 10.4 Å². The van der Waals surface area contributed by atoms with Gasteiger partial charge < -0.3 is 9.32 Å². The third-order valence-electron chi connectivity index (χ3n) is 4.59. The molecule has 2 aromatic heterocycles. The minimum absolute atomic E-state index is 0.0497. The molecule has 134 valence electrons. The Morgan fingerprint density at radius 3 is 2.62 bits per heavy atom. The zero-order valence-electron chi connectivity index (χ0n) is 15.3. The number of benzene rings is 1. The zero-order chi connectivity index (χ0) is 18.3. The number of amides is 1. The van der Waals surface area contributed by atoms with Gasteiger partial charge in [0.1, 0.15) is 11.5 Å². The van der Waals surface area contributed by atoms with E-state index in [4.69, 9.17) is 4.42 Å². The SMILES string of the molecule is CC(C)(C)c1nc2c(o1)CCN(C(=O)c1ccc(-c3cccs3)cc1)C2. The molecular weight excluding hydrogens is 344 g/mol. The second-order valence-corrected chi connectivity index (χ2v) is 8.62. The fourth-order valence-corrected chi connectivity index (χ4v) is 3.83. The number of hydrogen-bond acceptors (Lipinski definition) is 4. The van der Waals surface area contributed by atoms with Gasteiger partial charge in [-0.25, -0.2) is 4.98 Å². The number of carbonyl (C=O) groups is 1. The van der Waals surface area contributed by atoms with E-state index >= 15 is 0 Å². The minimum atomic E-state index is -0.121. The summed E-state index contributed by atoms with van der Waals surface area (Å²) in [7, 11) is 0. The van der Waals surface area contributed by atoms with Gasteiger partial charge in [-0.1, -0.05) is 39.0 Å². The topological polar surface area (TPSA) is 46.3 Å². The molecule has 1 aliphatic heterocycles. The monoisotopic (exact) mass is 366 g/mol. The molecule has 1 aromatic carbocycles. The minimum Gasteiger partial charge on any atom is -0.445 e. The number of oxazole rings is 1. The van der Waals surface area contributed by atoms with Gasteiger partial charge in [-0.15, -0.1) is 11.3 Å². The van der Waals surface area contributed by atoms with Crippen LogP contribution in [0.4, 0.5) is 0 Å². The summed E-state index contributed by atoms with van der Waals surface area (Å²) in [6.45, 7) is 7.44. The first kappa shape index (κ1) is 17.0. The Morgan fingerprint density at radius 2 is 1.96 bits per heavy atom. The van der Waals surface area contributed by atoms with Crippen molar-refractivity contribution in [2.24, 2.45) is 0 Å². The van der Waals surface area contributed by atoms with Gasteiger partial charge in [0, 0.05) is 28.8 Å². The number of aromatic nitrogens is 1. The van der Waals surface area contributed by atoms with E-state index in [0.29, 0.717) is 18.7 Å². The van der Waals surface area contributed by atoms with Crippen LogP contribution in [0.2, 0.25) is 0 Å². The first-order chi connectivity index (χ1) is 12.4. The predicted octanol–water partition coefficient (Wildman–Crippen LogP) is 4.90. The van der Waals surface area contributed by atoms with Crippen LogP contribution < -0.4 is 0 Å². The lowest BCUT2D eigenvalue weighted by molar-refractivity contribution is 0.0728. The molecule has 0 saturated heterocycles. The van der Waals surface area contributed by atoms with Crippen molar-refractivity contribution >= 4 is 17.2 Å². The maximum atomic E-state index is 12.9. The normalized spacial score (nSPS) is 14.3. The van der Waals surface area contributed by atoms with E-state index in [-0.39, 0.29) is 11.3 Å². The summed E-state index contributed by atoms with van der Waals surface area (Å²) in [5, 5.41) is 2.06. The molecule has 0 fully saturated rings. The first-order valence-corrected chi connectivity index (χ1v) is 9.72. The third-order valence-corrected chi connectivity index (χ3v) is 5.51. The molecule has 0 N–H and O–H groups in total. The Labute approximate surface area is 157 Å². The van der Waals surface area contributed by atoms with Crippen molar-refractivity contribution in [3.05, 3.63) is 64.7 Å². The Hall–Kier alpha value is -2.40. The van der Waals surface area contributed by atoms with Crippen LogP contribution >= 0.6 is 11.3 Å². The van der Waals surface area contributed by atoms with Crippen molar-refractivity contribution in [1.29, 1.82) is 0 Å². The summed E-state index contributed by atoms with van der Waals surface area (Å²) < 4.78 is 5.91. The van der Waals surface area contributed by atoms with Crippen molar-refractivity contribution < 1.29 is 9.21 Å².